The number of thioether (sulfide) groups is 1. The van der Waals surface area contributed by atoms with E-state index in [2.05, 4.69) is 72.8 Å². The van der Waals surface area contributed by atoms with Crippen molar-refractivity contribution in [2.75, 3.05) is 25.6 Å². The molecule has 0 heterocycles. The monoisotopic (exact) mass is 406 g/mol. The van der Waals surface area contributed by atoms with Crippen molar-refractivity contribution in [3.8, 4) is 0 Å². The molecule has 29 heavy (non-hydrogen) atoms. The van der Waals surface area contributed by atoms with Crippen molar-refractivity contribution >= 4 is 17.7 Å². The molecule has 0 N–H and O–H groups in total. The molecule has 150 valence electrons. The van der Waals surface area contributed by atoms with Crippen molar-refractivity contribution in [2.24, 2.45) is 0 Å². The average Bonchev–Trinajstić information content (AvgIpc) is 2.78. The van der Waals surface area contributed by atoms with Crippen LogP contribution in [0.25, 0.3) is 0 Å². The molecule has 3 aromatic carbocycles. The molecule has 0 atom stereocenters. The number of hydrogen-bond donors (Lipinski definition) is 0. The number of esters is 1. The molecule has 3 aromatic rings. The minimum Gasteiger partial charge on any atom is -0.464 e. The molecule has 3 rings (SSSR count). The van der Waals surface area contributed by atoms with Gasteiger partial charge in [0.1, 0.15) is 6.61 Å². The first-order valence-electron chi connectivity index (χ1n) is 9.81. The lowest BCUT2D eigenvalue weighted by Crippen LogP contribution is -2.27. The Morgan fingerprint density at radius 3 is 1.66 bits per heavy atom. The van der Waals surface area contributed by atoms with E-state index in [1.807, 2.05) is 30.0 Å². The summed E-state index contributed by atoms with van der Waals surface area (Å²) in [5, 5.41) is 0. The van der Waals surface area contributed by atoms with Gasteiger partial charge < -0.3 is 9.47 Å². The molecule has 0 fully saturated rings. The molecular formula is C25H26O3S. The van der Waals surface area contributed by atoms with Crippen molar-refractivity contribution in [1.29, 1.82) is 0 Å². The predicted molar refractivity (Wildman–Crippen MR) is 119 cm³/mol. The maximum Gasteiger partial charge on any atom is 0.332 e. The van der Waals surface area contributed by atoms with Crippen LogP contribution in [0.4, 0.5) is 0 Å². The van der Waals surface area contributed by atoms with Crippen molar-refractivity contribution in [3.05, 3.63) is 108 Å². The van der Waals surface area contributed by atoms with Crippen molar-refractivity contribution < 1.29 is 14.3 Å². The van der Waals surface area contributed by atoms with Gasteiger partial charge in [0.25, 0.3) is 0 Å². The van der Waals surface area contributed by atoms with E-state index in [-0.39, 0.29) is 17.3 Å². The third-order valence-electron chi connectivity index (χ3n) is 4.61. The van der Waals surface area contributed by atoms with Gasteiger partial charge in [-0.1, -0.05) is 91.0 Å². The number of ether oxygens (including phenoxy) is 2. The van der Waals surface area contributed by atoms with Crippen LogP contribution in [-0.4, -0.2) is 31.5 Å². The highest BCUT2D eigenvalue weighted by Gasteiger charge is 2.36. The van der Waals surface area contributed by atoms with Gasteiger partial charge in [-0.15, -0.1) is 11.8 Å². The summed E-state index contributed by atoms with van der Waals surface area (Å²) in [6, 6.07) is 31.6. The quantitative estimate of drug-likeness (QED) is 0.260. The van der Waals surface area contributed by atoms with E-state index >= 15 is 0 Å². The molecule has 0 unspecified atom stereocenters. The van der Waals surface area contributed by atoms with Gasteiger partial charge in [0.05, 0.1) is 18.0 Å². The SMILES string of the molecule is CCOC(=O)COCCSC(c1ccccc1)(c1ccccc1)c1ccccc1. The Labute approximate surface area is 177 Å². The topological polar surface area (TPSA) is 35.5 Å². The molecule has 0 aromatic heterocycles. The lowest BCUT2D eigenvalue weighted by molar-refractivity contribution is -0.148. The lowest BCUT2D eigenvalue weighted by Gasteiger charge is -2.35. The molecule has 0 saturated carbocycles. The van der Waals surface area contributed by atoms with Crippen LogP contribution >= 0.6 is 11.8 Å². The Morgan fingerprint density at radius 2 is 1.24 bits per heavy atom. The van der Waals surface area contributed by atoms with Crippen LogP contribution in [-0.2, 0) is 19.0 Å². The zero-order valence-corrected chi connectivity index (χ0v) is 17.4. The molecular weight excluding hydrogens is 380 g/mol. The Bertz CT molecular complexity index is 770. The first-order chi connectivity index (χ1) is 14.3. The number of hydrogen-bond acceptors (Lipinski definition) is 4. The first kappa shape index (κ1) is 21.2. The Hall–Kier alpha value is -2.56. The van der Waals surface area contributed by atoms with Gasteiger partial charge in [-0.05, 0) is 23.6 Å². The molecule has 4 heteroatoms. The van der Waals surface area contributed by atoms with Gasteiger partial charge in [-0.25, -0.2) is 4.79 Å². The molecule has 0 aliphatic rings. The van der Waals surface area contributed by atoms with Crippen molar-refractivity contribution in [2.45, 2.75) is 11.7 Å². The fourth-order valence-corrected chi connectivity index (χ4v) is 4.80. The summed E-state index contributed by atoms with van der Waals surface area (Å²) in [6.45, 7) is 2.62. The van der Waals surface area contributed by atoms with E-state index in [9.17, 15) is 4.79 Å². The smallest absolute Gasteiger partial charge is 0.332 e. The summed E-state index contributed by atoms with van der Waals surface area (Å²) in [4.78, 5) is 11.5. The van der Waals surface area contributed by atoms with Gasteiger partial charge in [-0.2, -0.15) is 0 Å². The highest BCUT2D eigenvalue weighted by atomic mass is 32.2. The summed E-state index contributed by atoms with van der Waals surface area (Å²) in [6.07, 6.45) is 0. The predicted octanol–water partition coefficient (Wildman–Crippen LogP) is 5.29. The minimum atomic E-state index is -0.364. The van der Waals surface area contributed by atoms with Crippen molar-refractivity contribution in [1.82, 2.24) is 0 Å². The average molecular weight is 407 g/mol. The van der Waals surface area contributed by atoms with E-state index in [1.165, 1.54) is 16.7 Å². The van der Waals surface area contributed by atoms with Crippen LogP contribution in [0.1, 0.15) is 23.6 Å². The Morgan fingerprint density at radius 1 is 0.793 bits per heavy atom. The molecule has 0 aliphatic heterocycles. The van der Waals surface area contributed by atoms with E-state index in [0.717, 1.165) is 5.75 Å². The fraction of sp³-hybridized carbons (Fsp3) is 0.240. The number of carbonyl (C=O) groups is 1. The van der Waals surface area contributed by atoms with E-state index in [1.54, 1.807) is 6.92 Å². The number of rotatable bonds is 10. The third-order valence-corrected chi connectivity index (χ3v) is 6.12. The molecule has 0 aliphatic carbocycles. The third kappa shape index (κ3) is 5.28. The van der Waals surface area contributed by atoms with Gasteiger partial charge in [0.2, 0.25) is 0 Å². The van der Waals surface area contributed by atoms with Crippen LogP contribution < -0.4 is 0 Å². The number of benzene rings is 3. The maximum atomic E-state index is 11.5. The summed E-state index contributed by atoms with van der Waals surface area (Å²) < 4.78 is 10.1. The Kier molecular flexibility index (Phi) is 7.91. The normalized spacial score (nSPS) is 11.2. The lowest BCUT2D eigenvalue weighted by atomic mass is 9.84. The molecule has 0 radical (unpaired) electrons. The largest absolute Gasteiger partial charge is 0.464 e. The zero-order chi connectivity index (χ0) is 20.4. The van der Waals surface area contributed by atoms with Gasteiger partial charge in [0, 0.05) is 5.75 Å². The molecule has 0 bridgehead atoms. The van der Waals surface area contributed by atoms with E-state index < -0.39 is 0 Å². The minimum absolute atomic E-state index is 0.0105. The van der Waals surface area contributed by atoms with Crippen LogP contribution in [0.2, 0.25) is 0 Å². The summed E-state index contributed by atoms with van der Waals surface area (Å²) >= 11 is 1.82. The van der Waals surface area contributed by atoms with Gasteiger partial charge in [0.15, 0.2) is 0 Å². The summed E-state index contributed by atoms with van der Waals surface area (Å²) in [5.74, 6) is 0.413. The zero-order valence-electron chi connectivity index (χ0n) is 16.6. The highest BCUT2D eigenvalue weighted by Crippen LogP contribution is 2.48. The summed E-state index contributed by atoms with van der Waals surface area (Å²) in [5.41, 5.74) is 3.65. The van der Waals surface area contributed by atoms with Gasteiger partial charge in [-0.3, -0.25) is 0 Å². The second kappa shape index (κ2) is 10.8. The van der Waals surface area contributed by atoms with Crippen LogP contribution in [0.5, 0.6) is 0 Å². The molecule has 0 saturated heterocycles. The number of carbonyl (C=O) groups excluding carboxylic acids is 1. The van der Waals surface area contributed by atoms with E-state index in [0.29, 0.717) is 13.2 Å². The van der Waals surface area contributed by atoms with Crippen LogP contribution in [0.15, 0.2) is 91.0 Å². The highest BCUT2D eigenvalue weighted by molar-refractivity contribution is 8.00. The molecule has 3 nitrogen and oxygen atoms in total. The van der Waals surface area contributed by atoms with Crippen LogP contribution in [0, 0.1) is 0 Å². The van der Waals surface area contributed by atoms with Crippen molar-refractivity contribution in [3.63, 3.8) is 0 Å². The second-order valence-corrected chi connectivity index (χ2v) is 7.79. The first-order valence-corrected chi connectivity index (χ1v) is 10.8. The molecule has 0 spiro atoms. The van der Waals surface area contributed by atoms with E-state index in [4.69, 9.17) is 9.47 Å². The fourth-order valence-electron chi connectivity index (χ4n) is 3.38. The summed E-state index contributed by atoms with van der Waals surface area (Å²) in [7, 11) is 0. The van der Waals surface area contributed by atoms with Crippen LogP contribution in [0.3, 0.4) is 0 Å². The molecule has 0 amide bonds. The Balaban J connectivity index is 1.90. The standard InChI is InChI=1S/C25H26O3S/c1-2-28-24(26)20-27-18-19-29-25(21-12-6-3-7-13-21,22-14-8-4-9-15-22)23-16-10-5-11-17-23/h3-17H,2,18-20H2,1H3. The van der Waals surface area contributed by atoms with Gasteiger partial charge >= 0.3 is 5.97 Å². The second-order valence-electron chi connectivity index (χ2n) is 6.49. The maximum absolute atomic E-state index is 11.5.